The summed E-state index contributed by atoms with van der Waals surface area (Å²) in [5.74, 6) is 0. The van der Waals surface area contributed by atoms with Gasteiger partial charge in [0.15, 0.2) is 0 Å². The van der Waals surface area contributed by atoms with E-state index in [4.69, 9.17) is 21.1 Å². The molecule has 6 nitrogen and oxygen atoms in total. The molecule has 0 radical (unpaired) electrons. The van der Waals surface area contributed by atoms with Gasteiger partial charge < -0.3 is 14.8 Å². The van der Waals surface area contributed by atoms with Crippen LogP contribution in [-0.2, 0) is 9.47 Å². The van der Waals surface area contributed by atoms with Gasteiger partial charge >= 0.3 is 0 Å². The molecule has 1 aliphatic heterocycles. The van der Waals surface area contributed by atoms with E-state index in [1.54, 1.807) is 12.1 Å². The van der Waals surface area contributed by atoms with Crippen LogP contribution < -0.4 is 5.32 Å². The predicted molar refractivity (Wildman–Crippen MR) is 76.4 cm³/mol. The Hall–Kier alpha value is -1.37. The number of hydrogen-bond donors (Lipinski definition) is 1. The smallest absolute Gasteiger partial charge is 0.293 e. The van der Waals surface area contributed by atoms with E-state index in [0.29, 0.717) is 23.9 Å². The first kappa shape index (κ1) is 15.0. The lowest BCUT2D eigenvalue weighted by Crippen LogP contribution is -2.26. The van der Waals surface area contributed by atoms with Gasteiger partial charge in [-0.1, -0.05) is 11.6 Å². The third-order valence-corrected chi connectivity index (χ3v) is 3.26. The molecule has 1 fully saturated rings. The molecule has 1 aromatic rings. The molecule has 2 unspecified atom stereocenters. The topological polar surface area (TPSA) is 73.6 Å². The molecule has 1 saturated heterocycles. The Labute approximate surface area is 122 Å². The average molecular weight is 301 g/mol. The quantitative estimate of drug-likeness (QED) is 0.646. The minimum Gasteiger partial charge on any atom is -0.379 e. The summed E-state index contributed by atoms with van der Waals surface area (Å²) in [6.45, 7) is 3.73. The number of nitrogens with zero attached hydrogens (tertiary/aromatic N) is 1. The Kier molecular flexibility index (Phi) is 5.17. The molecule has 110 valence electrons. The van der Waals surface area contributed by atoms with Crippen LogP contribution in [0.25, 0.3) is 0 Å². The highest BCUT2D eigenvalue weighted by Gasteiger charge is 2.19. The van der Waals surface area contributed by atoms with Crippen molar-refractivity contribution in [1.82, 2.24) is 0 Å². The first-order valence-electron chi connectivity index (χ1n) is 6.46. The second-order valence-electron chi connectivity index (χ2n) is 4.78. The Balaban J connectivity index is 1.92. The lowest BCUT2D eigenvalue weighted by atomic mass is 10.2. The number of benzene rings is 1. The summed E-state index contributed by atoms with van der Waals surface area (Å²) in [4.78, 5) is 10.5. The van der Waals surface area contributed by atoms with Crippen molar-refractivity contribution in [3.8, 4) is 0 Å². The molecule has 1 heterocycles. The van der Waals surface area contributed by atoms with E-state index in [1.807, 2.05) is 6.92 Å². The maximum atomic E-state index is 11.0. The van der Waals surface area contributed by atoms with Crippen LogP contribution in [0.1, 0.15) is 13.3 Å². The van der Waals surface area contributed by atoms with E-state index in [2.05, 4.69) is 5.32 Å². The molecule has 1 aromatic carbocycles. The van der Waals surface area contributed by atoms with Crippen LogP contribution in [0.2, 0.25) is 5.02 Å². The zero-order valence-corrected chi connectivity index (χ0v) is 11.9. The Bertz CT molecular complexity index is 477. The van der Waals surface area contributed by atoms with Gasteiger partial charge in [-0.2, -0.15) is 0 Å². The predicted octanol–water partition coefficient (Wildman–Crippen LogP) is 2.85. The Morgan fingerprint density at radius 2 is 2.45 bits per heavy atom. The van der Waals surface area contributed by atoms with Crippen molar-refractivity contribution < 1.29 is 14.4 Å². The fourth-order valence-electron chi connectivity index (χ4n) is 2.01. The lowest BCUT2D eigenvalue weighted by molar-refractivity contribution is -0.384. The molecule has 20 heavy (non-hydrogen) atoms. The van der Waals surface area contributed by atoms with Gasteiger partial charge in [-0.05, 0) is 25.5 Å². The molecule has 0 bridgehead atoms. The van der Waals surface area contributed by atoms with Crippen LogP contribution in [0.4, 0.5) is 11.4 Å². The summed E-state index contributed by atoms with van der Waals surface area (Å²) < 4.78 is 10.9. The molecule has 0 spiro atoms. The number of ether oxygens (including phenoxy) is 2. The lowest BCUT2D eigenvalue weighted by Gasteiger charge is -2.18. The van der Waals surface area contributed by atoms with Gasteiger partial charge in [0, 0.05) is 23.7 Å². The summed E-state index contributed by atoms with van der Waals surface area (Å²) in [5, 5.41) is 14.4. The van der Waals surface area contributed by atoms with Gasteiger partial charge in [0.05, 0.1) is 24.2 Å². The zero-order chi connectivity index (χ0) is 14.5. The maximum Gasteiger partial charge on any atom is 0.293 e. The average Bonchev–Trinajstić information content (AvgIpc) is 2.91. The minimum atomic E-state index is -0.452. The number of nitro benzene ring substituents is 1. The summed E-state index contributed by atoms with van der Waals surface area (Å²) in [6.07, 6.45) is 1.02. The Morgan fingerprint density at radius 3 is 3.10 bits per heavy atom. The highest BCUT2D eigenvalue weighted by atomic mass is 35.5. The summed E-state index contributed by atoms with van der Waals surface area (Å²) in [6, 6.07) is 4.52. The number of hydrogen-bond acceptors (Lipinski definition) is 5. The van der Waals surface area contributed by atoms with Crippen molar-refractivity contribution in [2.24, 2.45) is 0 Å². The summed E-state index contributed by atoms with van der Waals surface area (Å²) in [7, 11) is 0. The first-order chi connectivity index (χ1) is 9.56. The van der Waals surface area contributed by atoms with Gasteiger partial charge in [-0.3, -0.25) is 10.1 Å². The molecular formula is C13H17ClN2O4. The maximum absolute atomic E-state index is 11.0. The number of anilines is 1. The molecule has 1 aliphatic rings. The number of nitrogens with one attached hydrogen (secondary N) is 1. The molecule has 1 N–H and O–H groups in total. The normalized spacial score (nSPS) is 19.8. The van der Waals surface area contributed by atoms with E-state index < -0.39 is 4.92 Å². The second kappa shape index (κ2) is 6.88. The van der Waals surface area contributed by atoms with E-state index in [-0.39, 0.29) is 17.8 Å². The van der Waals surface area contributed by atoms with E-state index >= 15 is 0 Å². The van der Waals surface area contributed by atoms with Crippen LogP contribution >= 0.6 is 11.6 Å². The summed E-state index contributed by atoms with van der Waals surface area (Å²) >= 11 is 5.77. The standard InChI is InChI=1S/C13H17ClN2O4/c1-9(7-20-11-4-5-19-8-11)15-12-3-2-10(14)6-13(12)16(17)18/h2-3,6,9,11,15H,4-5,7-8H2,1H3. The van der Waals surface area contributed by atoms with Crippen LogP contribution in [0.3, 0.4) is 0 Å². The molecule has 0 amide bonds. The number of rotatable bonds is 6. The van der Waals surface area contributed by atoms with Crippen molar-refractivity contribution in [3.05, 3.63) is 33.3 Å². The third kappa shape index (κ3) is 4.06. The monoisotopic (exact) mass is 300 g/mol. The van der Waals surface area contributed by atoms with E-state index in [0.717, 1.165) is 13.0 Å². The number of nitro groups is 1. The minimum absolute atomic E-state index is 0.0338. The van der Waals surface area contributed by atoms with E-state index in [1.165, 1.54) is 6.07 Å². The SMILES string of the molecule is CC(COC1CCOC1)Nc1ccc(Cl)cc1[N+](=O)[O-]. The molecule has 2 atom stereocenters. The molecule has 7 heteroatoms. The zero-order valence-electron chi connectivity index (χ0n) is 11.2. The van der Waals surface area contributed by atoms with Crippen LogP contribution in [0.5, 0.6) is 0 Å². The van der Waals surface area contributed by atoms with Crippen LogP contribution in [0, 0.1) is 10.1 Å². The molecular weight excluding hydrogens is 284 g/mol. The van der Waals surface area contributed by atoms with Gasteiger partial charge in [-0.15, -0.1) is 0 Å². The van der Waals surface area contributed by atoms with Crippen LogP contribution in [-0.4, -0.2) is 36.9 Å². The molecule has 2 rings (SSSR count). The van der Waals surface area contributed by atoms with Crippen molar-refractivity contribution in [2.75, 3.05) is 25.1 Å². The second-order valence-corrected chi connectivity index (χ2v) is 5.22. The largest absolute Gasteiger partial charge is 0.379 e. The third-order valence-electron chi connectivity index (χ3n) is 3.03. The molecule has 0 aromatic heterocycles. The highest BCUT2D eigenvalue weighted by molar-refractivity contribution is 6.30. The molecule has 0 aliphatic carbocycles. The van der Waals surface area contributed by atoms with Crippen molar-refractivity contribution in [1.29, 1.82) is 0 Å². The first-order valence-corrected chi connectivity index (χ1v) is 6.84. The Morgan fingerprint density at radius 1 is 1.65 bits per heavy atom. The fraction of sp³-hybridized carbons (Fsp3) is 0.538. The van der Waals surface area contributed by atoms with Gasteiger partial charge in [0.2, 0.25) is 0 Å². The number of halogens is 1. The molecule has 0 saturated carbocycles. The van der Waals surface area contributed by atoms with E-state index in [9.17, 15) is 10.1 Å². The fourth-order valence-corrected chi connectivity index (χ4v) is 2.18. The van der Waals surface area contributed by atoms with Crippen LogP contribution in [0.15, 0.2) is 18.2 Å². The highest BCUT2D eigenvalue weighted by Crippen LogP contribution is 2.28. The van der Waals surface area contributed by atoms with Gasteiger partial charge in [0.1, 0.15) is 5.69 Å². The van der Waals surface area contributed by atoms with Crippen molar-refractivity contribution in [2.45, 2.75) is 25.5 Å². The summed E-state index contributed by atoms with van der Waals surface area (Å²) in [5.41, 5.74) is 0.409. The van der Waals surface area contributed by atoms with Gasteiger partial charge in [-0.25, -0.2) is 0 Å². The van der Waals surface area contributed by atoms with Gasteiger partial charge in [0.25, 0.3) is 5.69 Å². The van der Waals surface area contributed by atoms with Crippen molar-refractivity contribution >= 4 is 23.0 Å². The van der Waals surface area contributed by atoms with Crippen molar-refractivity contribution in [3.63, 3.8) is 0 Å².